The summed E-state index contributed by atoms with van der Waals surface area (Å²) in [5.74, 6) is 0.728. The van der Waals surface area contributed by atoms with E-state index in [1.165, 1.54) is 4.57 Å². The second kappa shape index (κ2) is 6.68. The van der Waals surface area contributed by atoms with Crippen LogP contribution in [0.3, 0.4) is 0 Å². The third-order valence-electron chi connectivity index (χ3n) is 3.38. The fourth-order valence-corrected chi connectivity index (χ4v) is 2.45. The lowest BCUT2D eigenvalue weighted by Crippen LogP contribution is -2.31. The maximum atomic E-state index is 12.1. The van der Waals surface area contributed by atoms with E-state index in [2.05, 4.69) is 9.97 Å². The molecule has 8 heteroatoms. The molecular formula is C13H21N5O3. The molecule has 3 N–H and O–H groups in total. The number of ether oxygens (including phenoxy) is 1. The number of aromatic nitrogens is 4. The van der Waals surface area contributed by atoms with Crippen LogP contribution in [0.5, 0.6) is 0 Å². The van der Waals surface area contributed by atoms with Gasteiger partial charge in [-0.15, -0.1) is 0 Å². The van der Waals surface area contributed by atoms with E-state index in [4.69, 9.17) is 10.5 Å². The molecule has 116 valence electrons. The Balaban J connectivity index is 2.63. The van der Waals surface area contributed by atoms with Crippen LogP contribution in [-0.2, 0) is 24.2 Å². The average Bonchev–Trinajstić information content (AvgIpc) is 2.81. The third-order valence-corrected chi connectivity index (χ3v) is 3.38. The molecule has 0 unspecified atom stereocenters. The van der Waals surface area contributed by atoms with Crippen LogP contribution in [0.4, 0.5) is 0 Å². The number of imidazole rings is 1. The molecule has 21 heavy (non-hydrogen) atoms. The topological polar surface area (TPSA) is 108 Å². The lowest BCUT2D eigenvalue weighted by atomic mass is 10.4. The minimum absolute atomic E-state index is 0.407. The summed E-state index contributed by atoms with van der Waals surface area (Å²) in [6.45, 7) is 3.96. The SMILES string of the molecule is CCn1c(CCN)nc2c1c(=O)[nH]c(=O)n2CCCOC. The molecule has 0 aromatic carbocycles. The fraction of sp³-hybridized carbons (Fsp3) is 0.615. The number of nitrogens with one attached hydrogen (secondary N) is 1. The first-order chi connectivity index (χ1) is 10.1. The number of nitrogens with two attached hydrogens (primary N) is 1. The third kappa shape index (κ3) is 2.91. The Hall–Kier alpha value is -1.93. The van der Waals surface area contributed by atoms with Crippen molar-refractivity contribution in [3.05, 3.63) is 26.7 Å². The molecule has 2 aromatic rings. The highest BCUT2D eigenvalue weighted by molar-refractivity contribution is 5.71. The number of fused-ring (bicyclic) bond motifs is 1. The van der Waals surface area contributed by atoms with Crippen molar-refractivity contribution >= 4 is 11.2 Å². The van der Waals surface area contributed by atoms with Gasteiger partial charge in [-0.05, 0) is 19.9 Å². The lowest BCUT2D eigenvalue weighted by Gasteiger charge is -2.06. The van der Waals surface area contributed by atoms with Gasteiger partial charge in [-0.1, -0.05) is 0 Å². The van der Waals surface area contributed by atoms with Crippen molar-refractivity contribution < 1.29 is 4.74 Å². The van der Waals surface area contributed by atoms with Gasteiger partial charge < -0.3 is 15.0 Å². The molecule has 0 saturated heterocycles. The Kier molecular flexibility index (Phi) is 4.92. The van der Waals surface area contributed by atoms with Gasteiger partial charge in [0.1, 0.15) is 5.82 Å². The fourth-order valence-electron chi connectivity index (χ4n) is 2.45. The molecule has 0 fully saturated rings. The zero-order chi connectivity index (χ0) is 15.4. The zero-order valence-electron chi connectivity index (χ0n) is 12.4. The van der Waals surface area contributed by atoms with Crippen molar-refractivity contribution in [2.45, 2.75) is 32.9 Å². The van der Waals surface area contributed by atoms with Gasteiger partial charge in [0.25, 0.3) is 5.56 Å². The number of H-pyrrole nitrogens is 1. The van der Waals surface area contributed by atoms with Crippen LogP contribution in [0.1, 0.15) is 19.2 Å². The maximum Gasteiger partial charge on any atom is 0.330 e. The number of aromatic amines is 1. The van der Waals surface area contributed by atoms with Gasteiger partial charge in [-0.25, -0.2) is 9.78 Å². The van der Waals surface area contributed by atoms with E-state index in [1.807, 2.05) is 11.5 Å². The predicted molar refractivity (Wildman–Crippen MR) is 79.5 cm³/mol. The summed E-state index contributed by atoms with van der Waals surface area (Å²) < 4.78 is 8.30. The van der Waals surface area contributed by atoms with E-state index in [0.717, 1.165) is 5.82 Å². The monoisotopic (exact) mass is 295 g/mol. The highest BCUT2D eigenvalue weighted by Crippen LogP contribution is 2.12. The standard InChI is InChI=1S/C13H21N5O3/c1-3-17-9(5-6-14)15-11-10(17)12(19)16-13(20)18(11)7-4-8-21-2/h3-8,14H2,1-2H3,(H,16,19,20). The van der Waals surface area contributed by atoms with Gasteiger partial charge in [0.05, 0.1) is 0 Å². The Morgan fingerprint density at radius 1 is 1.33 bits per heavy atom. The number of rotatable bonds is 7. The van der Waals surface area contributed by atoms with E-state index in [9.17, 15) is 9.59 Å². The Labute approximate surface area is 121 Å². The molecule has 0 atom stereocenters. The summed E-state index contributed by atoms with van der Waals surface area (Å²) in [4.78, 5) is 30.9. The Morgan fingerprint density at radius 2 is 2.10 bits per heavy atom. The molecule has 0 saturated carbocycles. The van der Waals surface area contributed by atoms with Crippen LogP contribution < -0.4 is 17.0 Å². The van der Waals surface area contributed by atoms with Crippen molar-refractivity contribution in [3.63, 3.8) is 0 Å². The molecule has 0 aliphatic rings. The first kappa shape index (κ1) is 15.5. The second-order valence-electron chi connectivity index (χ2n) is 4.74. The number of nitrogens with zero attached hydrogens (tertiary/aromatic N) is 3. The Morgan fingerprint density at radius 3 is 2.71 bits per heavy atom. The summed E-state index contributed by atoms with van der Waals surface area (Å²) in [6, 6.07) is 0. The first-order valence-corrected chi connectivity index (χ1v) is 7.05. The molecule has 8 nitrogen and oxygen atoms in total. The largest absolute Gasteiger partial charge is 0.385 e. The summed E-state index contributed by atoms with van der Waals surface area (Å²) in [5.41, 5.74) is 5.59. The Bertz CT molecular complexity index is 728. The molecule has 0 bridgehead atoms. The van der Waals surface area contributed by atoms with Crippen molar-refractivity contribution in [1.82, 2.24) is 19.1 Å². The number of hydrogen-bond donors (Lipinski definition) is 2. The van der Waals surface area contributed by atoms with Crippen LogP contribution in [-0.4, -0.2) is 39.4 Å². The van der Waals surface area contributed by atoms with Crippen LogP contribution in [0.15, 0.2) is 9.59 Å². The van der Waals surface area contributed by atoms with E-state index in [-0.39, 0.29) is 0 Å². The highest BCUT2D eigenvalue weighted by Gasteiger charge is 2.16. The molecule has 0 spiro atoms. The molecule has 2 heterocycles. The van der Waals surface area contributed by atoms with Gasteiger partial charge in [0.15, 0.2) is 11.2 Å². The van der Waals surface area contributed by atoms with Gasteiger partial charge in [-0.2, -0.15) is 0 Å². The van der Waals surface area contributed by atoms with Crippen molar-refractivity contribution in [2.24, 2.45) is 5.73 Å². The zero-order valence-corrected chi connectivity index (χ0v) is 12.4. The van der Waals surface area contributed by atoms with Gasteiger partial charge >= 0.3 is 5.69 Å². The number of aryl methyl sites for hydroxylation is 2. The molecule has 0 amide bonds. The quantitative estimate of drug-likeness (QED) is 0.666. The summed E-state index contributed by atoms with van der Waals surface area (Å²) in [7, 11) is 1.61. The summed E-state index contributed by atoms with van der Waals surface area (Å²) >= 11 is 0. The highest BCUT2D eigenvalue weighted by atomic mass is 16.5. The van der Waals surface area contributed by atoms with E-state index < -0.39 is 11.2 Å². The van der Waals surface area contributed by atoms with Crippen LogP contribution in [0.25, 0.3) is 11.2 Å². The van der Waals surface area contributed by atoms with E-state index >= 15 is 0 Å². The van der Waals surface area contributed by atoms with Crippen LogP contribution in [0, 0.1) is 0 Å². The van der Waals surface area contributed by atoms with Gasteiger partial charge in [0, 0.05) is 33.2 Å². The minimum Gasteiger partial charge on any atom is -0.385 e. The molecule has 2 aromatic heterocycles. The molecule has 0 radical (unpaired) electrons. The number of methoxy groups -OCH3 is 1. The van der Waals surface area contributed by atoms with E-state index in [1.54, 1.807) is 7.11 Å². The minimum atomic E-state index is -0.441. The average molecular weight is 295 g/mol. The molecule has 0 aliphatic carbocycles. The summed E-state index contributed by atoms with van der Waals surface area (Å²) in [5, 5.41) is 0. The second-order valence-corrected chi connectivity index (χ2v) is 4.74. The smallest absolute Gasteiger partial charge is 0.330 e. The molecule has 2 rings (SSSR count). The van der Waals surface area contributed by atoms with Gasteiger partial charge in [0.2, 0.25) is 0 Å². The van der Waals surface area contributed by atoms with Crippen LogP contribution >= 0.6 is 0 Å². The van der Waals surface area contributed by atoms with Crippen LogP contribution in [0.2, 0.25) is 0 Å². The number of hydrogen-bond acceptors (Lipinski definition) is 5. The van der Waals surface area contributed by atoms with Crippen molar-refractivity contribution in [1.29, 1.82) is 0 Å². The van der Waals surface area contributed by atoms with Gasteiger partial charge in [-0.3, -0.25) is 14.3 Å². The predicted octanol–water partition coefficient (Wildman–Crippen LogP) is -0.556. The normalized spacial score (nSPS) is 11.4. The lowest BCUT2D eigenvalue weighted by molar-refractivity contribution is 0.190. The van der Waals surface area contributed by atoms with Crippen molar-refractivity contribution in [3.8, 4) is 0 Å². The maximum absolute atomic E-state index is 12.1. The first-order valence-electron chi connectivity index (χ1n) is 7.05. The molecular weight excluding hydrogens is 274 g/mol. The summed E-state index contributed by atoms with van der Waals surface area (Å²) in [6.07, 6.45) is 1.23. The van der Waals surface area contributed by atoms with E-state index in [0.29, 0.717) is 50.2 Å². The van der Waals surface area contributed by atoms with Crippen molar-refractivity contribution in [2.75, 3.05) is 20.3 Å². The molecule has 0 aliphatic heterocycles.